The van der Waals surface area contributed by atoms with E-state index in [9.17, 15) is 0 Å². The molecule has 1 aliphatic heterocycles. The van der Waals surface area contributed by atoms with Gasteiger partial charge < -0.3 is 4.90 Å². The maximum atomic E-state index is 3.75. The third kappa shape index (κ3) is 0.983. The van der Waals surface area contributed by atoms with Crippen molar-refractivity contribution in [3.63, 3.8) is 0 Å². The molecule has 0 bridgehead atoms. The van der Waals surface area contributed by atoms with E-state index >= 15 is 0 Å². The molecule has 0 aromatic rings. The summed E-state index contributed by atoms with van der Waals surface area (Å²) in [6.45, 7) is 3.06. The zero-order valence-electron chi connectivity index (χ0n) is 4.83. The van der Waals surface area contributed by atoms with E-state index < -0.39 is 0 Å². The van der Waals surface area contributed by atoms with E-state index in [1.165, 1.54) is 0 Å². The number of nitrogens with zero attached hydrogens (tertiary/aromatic N) is 2. The van der Waals surface area contributed by atoms with Crippen LogP contribution in [0.2, 0.25) is 0 Å². The lowest BCUT2D eigenvalue weighted by Crippen LogP contribution is -2.08. The highest BCUT2D eigenvalue weighted by Crippen LogP contribution is 1.91. The van der Waals surface area contributed by atoms with E-state index in [1.807, 2.05) is 17.3 Å². The van der Waals surface area contributed by atoms with Crippen LogP contribution in [0.1, 0.15) is 6.92 Å². The molecule has 0 unspecified atom stereocenters. The molecule has 0 aliphatic carbocycles. The Morgan fingerprint density at radius 3 is 3.00 bits per heavy atom. The standard InChI is InChI=1S/C6H8N2/c1-2-8-5-3-7-4-6-8/h3,5-6H,2H2,1H3. The lowest BCUT2D eigenvalue weighted by Gasteiger charge is -2.09. The normalized spacial score (nSPS) is 15.4. The first kappa shape index (κ1) is 5.13. The average molecular weight is 108 g/mol. The molecule has 0 radical (unpaired) electrons. The molecule has 0 atom stereocenters. The van der Waals surface area contributed by atoms with Gasteiger partial charge in [0.05, 0.1) is 12.4 Å². The molecular weight excluding hydrogens is 100 g/mol. The molecule has 0 N–H and O–H groups in total. The zero-order chi connectivity index (χ0) is 5.82. The van der Waals surface area contributed by atoms with Crippen LogP contribution in [-0.2, 0) is 0 Å². The molecule has 8 heavy (non-hydrogen) atoms. The fourth-order valence-corrected chi connectivity index (χ4v) is 0.509. The molecule has 0 aromatic heterocycles. The number of rotatable bonds is 1. The van der Waals surface area contributed by atoms with Gasteiger partial charge in [0.15, 0.2) is 0 Å². The third-order valence-electron chi connectivity index (χ3n) is 0.996. The first-order valence-corrected chi connectivity index (χ1v) is 2.64. The van der Waals surface area contributed by atoms with Crippen LogP contribution in [0.25, 0.3) is 0 Å². The Hall–Kier alpha value is -1.01. The van der Waals surface area contributed by atoms with Gasteiger partial charge in [-0.1, -0.05) is 0 Å². The molecule has 0 amide bonds. The van der Waals surface area contributed by atoms with E-state index in [0.29, 0.717) is 0 Å². The quantitative estimate of drug-likeness (QED) is 0.488. The summed E-state index contributed by atoms with van der Waals surface area (Å²) in [4.78, 5) is 5.75. The number of aliphatic imine (C=N–C) groups is 1. The van der Waals surface area contributed by atoms with E-state index in [-0.39, 0.29) is 0 Å². The summed E-state index contributed by atoms with van der Waals surface area (Å²) in [5, 5.41) is 0. The molecular formula is C6H8N2. The van der Waals surface area contributed by atoms with Gasteiger partial charge >= 0.3 is 0 Å². The fraction of sp³-hybridized carbons (Fsp3) is 0.333. The molecule has 2 nitrogen and oxygen atoms in total. The summed E-state index contributed by atoms with van der Waals surface area (Å²) in [6.07, 6.45) is 5.46. The van der Waals surface area contributed by atoms with E-state index in [0.717, 1.165) is 6.54 Å². The summed E-state index contributed by atoms with van der Waals surface area (Å²) in [7, 11) is 0. The molecule has 1 aliphatic rings. The minimum Gasteiger partial charge on any atom is -0.345 e. The average Bonchev–Trinajstić information content (AvgIpc) is 1.90. The Morgan fingerprint density at radius 1 is 1.75 bits per heavy atom. The van der Waals surface area contributed by atoms with Gasteiger partial charge in [0, 0.05) is 18.6 Å². The lowest BCUT2D eigenvalue weighted by atomic mass is 10.6. The summed E-state index contributed by atoms with van der Waals surface area (Å²) in [5.74, 6) is 2.72. The molecule has 0 saturated carbocycles. The van der Waals surface area contributed by atoms with Crippen molar-refractivity contribution in [3.8, 4) is 0 Å². The third-order valence-corrected chi connectivity index (χ3v) is 0.996. The van der Waals surface area contributed by atoms with E-state index in [1.54, 1.807) is 6.20 Å². The van der Waals surface area contributed by atoms with Gasteiger partial charge in [-0.25, -0.2) is 4.99 Å². The highest BCUT2D eigenvalue weighted by molar-refractivity contribution is 5.53. The van der Waals surface area contributed by atoms with Gasteiger partial charge in [0.25, 0.3) is 0 Å². The Labute approximate surface area is 48.8 Å². The Balaban J connectivity index is 2.62. The molecule has 0 spiro atoms. The van der Waals surface area contributed by atoms with E-state index in [4.69, 9.17) is 0 Å². The molecule has 0 saturated heterocycles. The van der Waals surface area contributed by atoms with Crippen LogP contribution in [-0.4, -0.2) is 17.3 Å². The van der Waals surface area contributed by atoms with Gasteiger partial charge in [0.2, 0.25) is 0 Å². The van der Waals surface area contributed by atoms with Gasteiger partial charge in [-0.15, -0.1) is 0 Å². The van der Waals surface area contributed by atoms with Crippen molar-refractivity contribution in [3.05, 3.63) is 18.6 Å². The van der Waals surface area contributed by atoms with Crippen molar-refractivity contribution in [1.82, 2.24) is 4.90 Å². The maximum absolute atomic E-state index is 3.75. The van der Waals surface area contributed by atoms with Crippen LogP contribution in [0.5, 0.6) is 0 Å². The Kier molecular flexibility index (Phi) is 1.50. The van der Waals surface area contributed by atoms with Crippen LogP contribution < -0.4 is 0 Å². The molecule has 0 aromatic carbocycles. The van der Waals surface area contributed by atoms with Gasteiger partial charge in [-0.3, -0.25) is 0 Å². The smallest absolute Gasteiger partial charge is 0.0662 e. The monoisotopic (exact) mass is 108 g/mol. The number of hydrogen-bond acceptors (Lipinski definition) is 2. The molecule has 0 fully saturated rings. The minimum atomic E-state index is 0.985. The second kappa shape index (κ2) is 2.34. The predicted molar refractivity (Wildman–Crippen MR) is 33.5 cm³/mol. The van der Waals surface area contributed by atoms with Crippen LogP contribution in [0.4, 0.5) is 0 Å². The summed E-state index contributed by atoms with van der Waals surface area (Å²) in [6, 6.07) is 0. The zero-order valence-corrected chi connectivity index (χ0v) is 4.83. The highest BCUT2D eigenvalue weighted by Gasteiger charge is 1.87. The molecule has 42 valence electrons. The van der Waals surface area contributed by atoms with Gasteiger partial charge in [-0.2, -0.15) is 0 Å². The van der Waals surface area contributed by atoms with Crippen molar-refractivity contribution in [2.24, 2.45) is 4.99 Å². The Morgan fingerprint density at radius 2 is 2.62 bits per heavy atom. The van der Waals surface area contributed by atoms with Crippen molar-refractivity contribution in [1.29, 1.82) is 0 Å². The van der Waals surface area contributed by atoms with Crippen LogP contribution in [0.3, 0.4) is 0 Å². The van der Waals surface area contributed by atoms with Crippen molar-refractivity contribution >= 4 is 5.87 Å². The minimum absolute atomic E-state index is 0.985. The van der Waals surface area contributed by atoms with E-state index in [2.05, 4.69) is 17.8 Å². The lowest BCUT2D eigenvalue weighted by molar-refractivity contribution is 0.538. The second-order valence-corrected chi connectivity index (χ2v) is 1.52. The van der Waals surface area contributed by atoms with Gasteiger partial charge in [-0.05, 0) is 6.92 Å². The van der Waals surface area contributed by atoms with Crippen molar-refractivity contribution < 1.29 is 0 Å². The van der Waals surface area contributed by atoms with Crippen molar-refractivity contribution in [2.75, 3.05) is 6.54 Å². The first-order valence-electron chi connectivity index (χ1n) is 2.64. The fourth-order valence-electron chi connectivity index (χ4n) is 0.509. The topological polar surface area (TPSA) is 15.6 Å². The summed E-state index contributed by atoms with van der Waals surface area (Å²) < 4.78 is 0. The maximum Gasteiger partial charge on any atom is 0.0662 e. The van der Waals surface area contributed by atoms with Gasteiger partial charge in [0.1, 0.15) is 0 Å². The summed E-state index contributed by atoms with van der Waals surface area (Å²) >= 11 is 0. The number of hydrogen-bond donors (Lipinski definition) is 0. The predicted octanol–water partition coefficient (Wildman–Crippen LogP) is 0.976. The van der Waals surface area contributed by atoms with Crippen LogP contribution in [0, 0.1) is 0 Å². The Bertz CT molecular complexity index is 152. The van der Waals surface area contributed by atoms with Crippen LogP contribution >= 0.6 is 0 Å². The largest absolute Gasteiger partial charge is 0.345 e. The molecule has 1 heterocycles. The SMILES string of the molecule is CCN1C=C=NC=C1. The molecule has 2 heteroatoms. The highest BCUT2D eigenvalue weighted by atomic mass is 15.1. The summed E-state index contributed by atoms with van der Waals surface area (Å²) in [5.41, 5.74) is 0. The second-order valence-electron chi connectivity index (χ2n) is 1.52. The van der Waals surface area contributed by atoms with Crippen LogP contribution in [0.15, 0.2) is 23.6 Å². The first-order chi connectivity index (χ1) is 3.93. The molecule has 1 rings (SSSR count). The van der Waals surface area contributed by atoms with Crippen molar-refractivity contribution in [2.45, 2.75) is 6.92 Å².